The summed E-state index contributed by atoms with van der Waals surface area (Å²) in [5, 5.41) is 3.42. The molecule has 0 fully saturated rings. The summed E-state index contributed by atoms with van der Waals surface area (Å²) in [5.41, 5.74) is 5.69. The average Bonchev–Trinajstić information content (AvgIpc) is 2.31. The SMILES string of the molecule is CNC(CCCOC)Cc1c(C)cc(C)cc1C. The number of nitrogens with one attached hydrogen (secondary N) is 1. The first-order valence-corrected chi connectivity index (χ1v) is 6.81. The molecular formula is C16H27NO. The van der Waals surface area contributed by atoms with E-state index in [0.717, 1.165) is 25.9 Å². The van der Waals surface area contributed by atoms with Gasteiger partial charge >= 0.3 is 0 Å². The maximum atomic E-state index is 5.12. The van der Waals surface area contributed by atoms with Gasteiger partial charge in [0.25, 0.3) is 0 Å². The van der Waals surface area contributed by atoms with Crippen LogP contribution in [0.4, 0.5) is 0 Å². The second kappa shape index (κ2) is 7.55. The van der Waals surface area contributed by atoms with Crippen LogP contribution in [0.3, 0.4) is 0 Å². The van der Waals surface area contributed by atoms with Gasteiger partial charge in [-0.15, -0.1) is 0 Å². The number of methoxy groups -OCH3 is 1. The molecule has 1 unspecified atom stereocenters. The van der Waals surface area contributed by atoms with Crippen LogP contribution >= 0.6 is 0 Å². The zero-order valence-electron chi connectivity index (χ0n) is 12.5. The van der Waals surface area contributed by atoms with Gasteiger partial charge < -0.3 is 10.1 Å². The maximum Gasteiger partial charge on any atom is 0.0462 e. The molecule has 0 aliphatic heterocycles. The quantitative estimate of drug-likeness (QED) is 0.749. The molecule has 2 heteroatoms. The van der Waals surface area contributed by atoms with Crippen LogP contribution in [0, 0.1) is 20.8 Å². The Hall–Kier alpha value is -0.860. The van der Waals surface area contributed by atoms with Crippen molar-refractivity contribution >= 4 is 0 Å². The molecule has 2 nitrogen and oxygen atoms in total. The van der Waals surface area contributed by atoms with Crippen molar-refractivity contribution < 1.29 is 4.74 Å². The summed E-state index contributed by atoms with van der Waals surface area (Å²) in [5.74, 6) is 0. The number of hydrogen-bond donors (Lipinski definition) is 1. The van der Waals surface area contributed by atoms with Crippen LogP contribution in [0.2, 0.25) is 0 Å². The van der Waals surface area contributed by atoms with Crippen LogP contribution in [-0.4, -0.2) is 26.8 Å². The smallest absolute Gasteiger partial charge is 0.0462 e. The van der Waals surface area contributed by atoms with E-state index in [-0.39, 0.29) is 0 Å². The van der Waals surface area contributed by atoms with E-state index in [4.69, 9.17) is 4.74 Å². The lowest BCUT2D eigenvalue weighted by Crippen LogP contribution is -2.28. The molecule has 1 aromatic rings. The number of hydrogen-bond acceptors (Lipinski definition) is 2. The third-order valence-electron chi connectivity index (χ3n) is 3.60. The van der Waals surface area contributed by atoms with Gasteiger partial charge in [0.2, 0.25) is 0 Å². The Balaban J connectivity index is 2.69. The number of ether oxygens (including phenoxy) is 1. The van der Waals surface area contributed by atoms with Crippen LogP contribution in [0.1, 0.15) is 35.1 Å². The Morgan fingerprint density at radius 3 is 2.28 bits per heavy atom. The minimum absolute atomic E-state index is 0.542. The van der Waals surface area contributed by atoms with Gasteiger partial charge in [-0.2, -0.15) is 0 Å². The summed E-state index contributed by atoms with van der Waals surface area (Å²) in [7, 11) is 3.82. The van der Waals surface area contributed by atoms with Gasteiger partial charge in [-0.1, -0.05) is 17.7 Å². The van der Waals surface area contributed by atoms with E-state index in [0.29, 0.717) is 6.04 Å². The monoisotopic (exact) mass is 249 g/mol. The molecule has 0 amide bonds. The Morgan fingerprint density at radius 2 is 1.78 bits per heavy atom. The molecule has 0 heterocycles. The maximum absolute atomic E-state index is 5.12. The fraction of sp³-hybridized carbons (Fsp3) is 0.625. The highest BCUT2D eigenvalue weighted by atomic mass is 16.5. The van der Waals surface area contributed by atoms with E-state index < -0.39 is 0 Å². The summed E-state index contributed by atoms with van der Waals surface area (Å²) in [6, 6.07) is 5.11. The van der Waals surface area contributed by atoms with Crippen molar-refractivity contribution in [3.05, 3.63) is 34.4 Å². The minimum Gasteiger partial charge on any atom is -0.385 e. The van der Waals surface area contributed by atoms with E-state index in [1.54, 1.807) is 7.11 Å². The van der Waals surface area contributed by atoms with Crippen LogP contribution in [0.15, 0.2) is 12.1 Å². The zero-order chi connectivity index (χ0) is 13.5. The lowest BCUT2D eigenvalue weighted by Gasteiger charge is -2.19. The highest BCUT2D eigenvalue weighted by Crippen LogP contribution is 2.19. The lowest BCUT2D eigenvalue weighted by atomic mass is 9.93. The van der Waals surface area contributed by atoms with Crippen molar-refractivity contribution in [2.75, 3.05) is 20.8 Å². The Bertz CT molecular complexity index is 350. The first-order valence-electron chi connectivity index (χ1n) is 6.81. The van der Waals surface area contributed by atoms with Crippen molar-refractivity contribution in [3.63, 3.8) is 0 Å². The normalized spacial score (nSPS) is 12.7. The van der Waals surface area contributed by atoms with Crippen LogP contribution in [0.5, 0.6) is 0 Å². The van der Waals surface area contributed by atoms with Gasteiger partial charge in [0.15, 0.2) is 0 Å². The fourth-order valence-corrected chi connectivity index (χ4v) is 2.60. The molecule has 102 valence electrons. The van der Waals surface area contributed by atoms with E-state index in [1.807, 2.05) is 0 Å². The lowest BCUT2D eigenvalue weighted by molar-refractivity contribution is 0.189. The van der Waals surface area contributed by atoms with Gasteiger partial charge in [0.05, 0.1) is 0 Å². The standard InChI is InChI=1S/C16H27NO/c1-12-9-13(2)16(14(3)10-12)11-15(17-4)7-6-8-18-5/h9-10,15,17H,6-8,11H2,1-5H3. The molecule has 0 radical (unpaired) electrons. The number of aryl methyl sites for hydroxylation is 3. The fourth-order valence-electron chi connectivity index (χ4n) is 2.60. The van der Waals surface area contributed by atoms with Crippen molar-refractivity contribution in [2.45, 2.75) is 46.1 Å². The third kappa shape index (κ3) is 4.43. The Morgan fingerprint density at radius 1 is 1.17 bits per heavy atom. The van der Waals surface area contributed by atoms with Gasteiger partial charge in [-0.25, -0.2) is 0 Å². The van der Waals surface area contributed by atoms with Crippen LogP contribution < -0.4 is 5.32 Å². The van der Waals surface area contributed by atoms with Gasteiger partial charge in [-0.3, -0.25) is 0 Å². The zero-order valence-corrected chi connectivity index (χ0v) is 12.5. The van der Waals surface area contributed by atoms with E-state index in [2.05, 4.69) is 45.3 Å². The molecule has 0 aromatic heterocycles. The third-order valence-corrected chi connectivity index (χ3v) is 3.60. The first-order chi connectivity index (χ1) is 8.58. The molecule has 0 saturated carbocycles. The van der Waals surface area contributed by atoms with Crippen molar-refractivity contribution in [1.29, 1.82) is 0 Å². The van der Waals surface area contributed by atoms with Crippen molar-refractivity contribution in [1.82, 2.24) is 5.32 Å². The molecule has 0 spiro atoms. The van der Waals surface area contributed by atoms with Gasteiger partial charge in [0, 0.05) is 19.8 Å². The molecule has 0 aliphatic carbocycles. The Kier molecular flexibility index (Phi) is 6.37. The van der Waals surface area contributed by atoms with Gasteiger partial charge in [0.1, 0.15) is 0 Å². The minimum atomic E-state index is 0.542. The molecule has 0 bridgehead atoms. The summed E-state index contributed by atoms with van der Waals surface area (Å²) in [4.78, 5) is 0. The molecule has 1 aromatic carbocycles. The largest absolute Gasteiger partial charge is 0.385 e. The number of likely N-dealkylation sites (N-methyl/N-ethyl adjacent to an activating group) is 1. The van der Waals surface area contributed by atoms with Crippen LogP contribution in [-0.2, 0) is 11.2 Å². The first kappa shape index (κ1) is 15.2. The Labute approximate surface area is 112 Å². The predicted octanol–water partition coefficient (Wildman–Crippen LogP) is 3.17. The van der Waals surface area contributed by atoms with E-state index in [9.17, 15) is 0 Å². The van der Waals surface area contributed by atoms with Crippen molar-refractivity contribution in [3.8, 4) is 0 Å². The average molecular weight is 249 g/mol. The highest BCUT2D eigenvalue weighted by molar-refractivity contribution is 5.38. The molecule has 18 heavy (non-hydrogen) atoms. The topological polar surface area (TPSA) is 21.3 Å². The predicted molar refractivity (Wildman–Crippen MR) is 78.3 cm³/mol. The van der Waals surface area contributed by atoms with Gasteiger partial charge in [-0.05, 0) is 63.8 Å². The number of rotatable bonds is 7. The summed E-state index contributed by atoms with van der Waals surface area (Å²) in [6.45, 7) is 7.45. The van der Waals surface area contributed by atoms with Crippen molar-refractivity contribution in [2.24, 2.45) is 0 Å². The second-order valence-corrected chi connectivity index (χ2v) is 5.20. The molecular weight excluding hydrogens is 222 g/mol. The summed E-state index contributed by atoms with van der Waals surface area (Å²) < 4.78 is 5.12. The van der Waals surface area contributed by atoms with E-state index >= 15 is 0 Å². The summed E-state index contributed by atoms with van der Waals surface area (Å²) >= 11 is 0. The molecule has 1 rings (SSSR count). The molecule has 0 aliphatic rings. The summed E-state index contributed by atoms with van der Waals surface area (Å²) in [6.07, 6.45) is 3.39. The number of benzene rings is 1. The highest BCUT2D eigenvalue weighted by Gasteiger charge is 2.11. The molecule has 1 N–H and O–H groups in total. The van der Waals surface area contributed by atoms with E-state index in [1.165, 1.54) is 22.3 Å². The second-order valence-electron chi connectivity index (χ2n) is 5.20. The molecule has 0 saturated heterocycles. The van der Waals surface area contributed by atoms with Crippen LogP contribution in [0.25, 0.3) is 0 Å². The molecule has 1 atom stereocenters.